The Morgan fingerprint density at radius 1 is 1.29 bits per heavy atom. The molecule has 0 radical (unpaired) electrons. The van der Waals surface area contributed by atoms with Gasteiger partial charge in [-0.3, -0.25) is 9.59 Å². The minimum Gasteiger partial charge on any atom is -0.383 e. The fraction of sp³-hybridized carbons (Fsp3) is 0.409. The number of ketones is 1. The van der Waals surface area contributed by atoms with E-state index in [9.17, 15) is 9.59 Å². The Hall–Kier alpha value is -2.40. The van der Waals surface area contributed by atoms with Crippen molar-refractivity contribution in [3.8, 4) is 0 Å². The van der Waals surface area contributed by atoms with Crippen LogP contribution < -0.4 is 11.1 Å². The smallest absolute Gasteiger partial charge is 0.223 e. The van der Waals surface area contributed by atoms with Crippen molar-refractivity contribution in [3.63, 3.8) is 0 Å². The number of nitrogen functional groups attached to an aromatic ring is 1. The van der Waals surface area contributed by atoms with Crippen LogP contribution in [0.3, 0.4) is 0 Å². The van der Waals surface area contributed by atoms with Gasteiger partial charge in [0.25, 0.3) is 0 Å². The van der Waals surface area contributed by atoms with Crippen LogP contribution in [0, 0.1) is 5.92 Å². The molecule has 3 rings (SSSR count). The van der Waals surface area contributed by atoms with Gasteiger partial charge in [0.1, 0.15) is 5.82 Å². The number of nitrogens with one attached hydrogen (secondary N) is 1. The van der Waals surface area contributed by atoms with Crippen LogP contribution in [0.1, 0.15) is 49.7 Å². The Bertz CT molecular complexity index is 841. The number of aromatic nitrogens is 1. The van der Waals surface area contributed by atoms with Crippen LogP contribution in [0.4, 0.5) is 5.82 Å². The van der Waals surface area contributed by atoms with Crippen molar-refractivity contribution < 1.29 is 9.59 Å². The molecule has 2 aromatic rings. The molecule has 1 fully saturated rings. The normalized spacial score (nSPS) is 19.9. The molecule has 1 saturated carbocycles. The second kappa shape index (κ2) is 9.20. The molecule has 1 aromatic carbocycles. The first-order valence-electron chi connectivity index (χ1n) is 9.72. The van der Waals surface area contributed by atoms with Crippen LogP contribution in [0.2, 0.25) is 5.02 Å². The predicted molar refractivity (Wildman–Crippen MR) is 111 cm³/mol. The minimum atomic E-state index is -0.517. The number of rotatable bonds is 7. The first-order valence-corrected chi connectivity index (χ1v) is 10.1. The highest BCUT2D eigenvalue weighted by Crippen LogP contribution is 2.38. The zero-order valence-corrected chi connectivity index (χ0v) is 16.8. The third kappa shape index (κ3) is 5.10. The fourth-order valence-electron chi connectivity index (χ4n) is 3.83. The number of pyridine rings is 1. The molecule has 1 amide bonds. The van der Waals surface area contributed by atoms with E-state index in [-0.39, 0.29) is 24.0 Å². The summed E-state index contributed by atoms with van der Waals surface area (Å²) >= 11 is 5.93. The molecule has 1 aliphatic rings. The molecule has 1 aliphatic carbocycles. The van der Waals surface area contributed by atoms with E-state index in [1.54, 1.807) is 13.0 Å². The molecule has 148 valence electrons. The lowest BCUT2D eigenvalue weighted by atomic mass is 9.96. The van der Waals surface area contributed by atoms with Gasteiger partial charge >= 0.3 is 0 Å². The van der Waals surface area contributed by atoms with Gasteiger partial charge in [-0.2, -0.15) is 0 Å². The van der Waals surface area contributed by atoms with Crippen LogP contribution in [-0.2, 0) is 16.0 Å². The molecule has 1 heterocycles. The quantitative estimate of drug-likeness (QED) is 0.739. The largest absolute Gasteiger partial charge is 0.383 e. The molecule has 28 heavy (non-hydrogen) atoms. The lowest BCUT2D eigenvalue weighted by Crippen LogP contribution is -2.41. The second-order valence-electron chi connectivity index (χ2n) is 7.51. The van der Waals surface area contributed by atoms with Crippen LogP contribution in [0.5, 0.6) is 0 Å². The van der Waals surface area contributed by atoms with E-state index in [0.717, 1.165) is 24.8 Å². The van der Waals surface area contributed by atoms with E-state index in [4.69, 9.17) is 17.3 Å². The lowest BCUT2D eigenvalue weighted by molar-refractivity contribution is -0.129. The monoisotopic (exact) mass is 399 g/mol. The number of benzene rings is 1. The van der Waals surface area contributed by atoms with Gasteiger partial charge in [-0.25, -0.2) is 4.98 Å². The summed E-state index contributed by atoms with van der Waals surface area (Å²) in [6.07, 6.45) is 4.92. The highest BCUT2D eigenvalue weighted by Gasteiger charge is 2.31. The first kappa shape index (κ1) is 20.3. The second-order valence-corrected chi connectivity index (χ2v) is 7.95. The number of amides is 1. The molecule has 6 heteroatoms. The summed E-state index contributed by atoms with van der Waals surface area (Å²) in [5.41, 5.74) is 7.86. The van der Waals surface area contributed by atoms with Gasteiger partial charge < -0.3 is 11.1 Å². The number of anilines is 1. The van der Waals surface area contributed by atoms with Gasteiger partial charge in [0, 0.05) is 18.5 Å². The number of hydrogen-bond donors (Lipinski definition) is 2. The number of aryl methyl sites for hydroxylation is 1. The molecular weight excluding hydrogens is 374 g/mol. The number of carbonyl (C=O) groups is 2. The van der Waals surface area contributed by atoms with Gasteiger partial charge in [-0.15, -0.1) is 0 Å². The Balaban J connectivity index is 1.48. The van der Waals surface area contributed by atoms with E-state index in [2.05, 4.69) is 22.4 Å². The highest BCUT2D eigenvalue weighted by atomic mass is 35.5. The number of Topliss-reactive ketones (excluding diaryl/α,β-unsaturated/α-hetero) is 1. The average Bonchev–Trinajstić information content (AvgIpc) is 3.19. The Morgan fingerprint density at radius 3 is 2.79 bits per heavy atom. The standard InChI is InChI=1S/C22H26ClN3O2/c1-14(20(27)10-9-17-12-19(23)13-25-21(17)24)26-22(28)18-8-7-16(11-18)15-5-3-2-4-6-15/h2-6,12-14,16,18H,7-11H2,1H3,(H2,24,25)(H,26,28)/t14-,16+,18+/m0/s1. The molecule has 1 aromatic heterocycles. The summed E-state index contributed by atoms with van der Waals surface area (Å²) in [4.78, 5) is 29.0. The number of halogens is 1. The molecule has 0 saturated heterocycles. The van der Waals surface area contributed by atoms with Gasteiger partial charge in [-0.1, -0.05) is 41.9 Å². The summed E-state index contributed by atoms with van der Waals surface area (Å²) in [5, 5.41) is 3.39. The van der Waals surface area contributed by atoms with E-state index >= 15 is 0 Å². The zero-order chi connectivity index (χ0) is 20.1. The maximum atomic E-state index is 12.6. The van der Waals surface area contributed by atoms with Crippen molar-refractivity contribution in [2.75, 3.05) is 5.73 Å². The summed E-state index contributed by atoms with van der Waals surface area (Å²) in [6.45, 7) is 1.74. The van der Waals surface area contributed by atoms with Gasteiger partial charge in [0.2, 0.25) is 5.91 Å². The fourth-order valence-corrected chi connectivity index (χ4v) is 4.01. The van der Waals surface area contributed by atoms with Crippen LogP contribution in [0.15, 0.2) is 42.6 Å². The number of carbonyl (C=O) groups excluding carboxylic acids is 2. The van der Waals surface area contributed by atoms with E-state index in [0.29, 0.717) is 23.2 Å². The summed E-state index contributed by atoms with van der Waals surface area (Å²) < 4.78 is 0. The van der Waals surface area contributed by atoms with Crippen molar-refractivity contribution in [2.24, 2.45) is 5.92 Å². The third-order valence-corrected chi connectivity index (χ3v) is 5.73. The van der Waals surface area contributed by atoms with Gasteiger partial charge in [0.15, 0.2) is 5.78 Å². The molecule has 3 atom stereocenters. The molecule has 5 nitrogen and oxygen atoms in total. The number of hydrogen-bond acceptors (Lipinski definition) is 4. The number of nitrogens with zero attached hydrogens (tertiary/aromatic N) is 1. The molecule has 0 unspecified atom stereocenters. The first-order chi connectivity index (χ1) is 13.4. The van der Waals surface area contributed by atoms with Crippen molar-refractivity contribution in [1.82, 2.24) is 10.3 Å². The summed E-state index contributed by atoms with van der Waals surface area (Å²) in [6, 6.07) is 11.5. The van der Waals surface area contributed by atoms with Crippen molar-refractivity contribution in [2.45, 2.75) is 51.0 Å². The molecule has 0 bridgehead atoms. The highest BCUT2D eigenvalue weighted by molar-refractivity contribution is 6.30. The summed E-state index contributed by atoms with van der Waals surface area (Å²) in [5.74, 6) is 0.717. The van der Waals surface area contributed by atoms with Crippen LogP contribution in [0.25, 0.3) is 0 Å². The minimum absolute atomic E-state index is 0.0228. The van der Waals surface area contributed by atoms with Crippen molar-refractivity contribution in [1.29, 1.82) is 0 Å². The molecule has 3 N–H and O–H groups in total. The topological polar surface area (TPSA) is 85.1 Å². The summed E-state index contributed by atoms with van der Waals surface area (Å²) in [7, 11) is 0. The lowest BCUT2D eigenvalue weighted by Gasteiger charge is -2.17. The van der Waals surface area contributed by atoms with Gasteiger partial charge in [-0.05, 0) is 55.7 Å². The van der Waals surface area contributed by atoms with E-state index in [1.807, 2.05) is 18.2 Å². The molecule has 0 aliphatic heterocycles. The Labute approximate surface area is 170 Å². The predicted octanol–water partition coefficient (Wildman–Crippen LogP) is 3.91. The van der Waals surface area contributed by atoms with Crippen molar-refractivity contribution >= 4 is 29.1 Å². The average molecular weight is 400 g/mol. The Morgan fingerprint density at radius 2 is 2.04 bits per heavy atom. The SMILES string of the molecule is C[C@H](NC(=O)[C@@H]1CC[C@@H](c2ccccc2)C1)C(=O)CCc1cc(Cl)cnc1N. The van der Waals surface area contributed by atoms with Crippen molar-refractivity contribution in [3.05, 3.63) is 58.7 Å². The third-order valence-electron chi connectivity index (χ3n) is 5.52. The Kier molecular flexibility index (Phi) is 6.68. The van der Waals surface area contributed by atoms with E-state index < -0.39 is 6.04 Å². The van der Waals surface area contributed by atoms with Gasteiger partial charge in [0.05, 0.1) is 11.1 Å². The maximum absolute atomic E-state index is 12.6. The zero-order valence-electron chi connectivity index (χ0n) is 16.0. The van der Waals surface area contributed by atoms with E-state index in [1.165, 1.54) is 11.8 Å². The van der Waals surface area contributed by atoms with Crippen LogP contribution in [-0.4, -0.2) is 22.7 Å². The van der Waals surface area contributed by atoms with Crippen LogP contribution >= 0.6 is 11.6 Å². The molecule has 0 spiro atoms. The molecular formula is C22H26ClN3O2. The number of nitrogens with two attached hydrogens (primary N) is 1. The maximum Gasteiger partial charge on any atom is 0.223 e.